The maximum Gasteiger partial charge on any atom is 0.224 e. The summed E-state index contributed by atoms with van der Waals surface area (Å²) in [6.07, 6.45) is 6.39. The third-order valence-corrected chi connectivity index (χ3v) is 4.09. The third kappa shape index (κ3) is 4.23. The van der Waals surface area contributed by atoms with Crippen LogP contribution in [-0.4, -0.2) is 23.6 Å². The minimum Gasteiger partial charge on any atom is -0.508 e. The van der Waals surface area contributed by atoms with Crippen molar-refractivity contribution in [2.24, 2.45) is 11.7 Å². The lowest BCUT2D eigenvalue weighted by Crippen LogP contribution is -2.46. The first-order valence-electron chi connectivity index (χ1n) is 7.46. The lowest BCUT2D eigenvalue weighted by molar-refractivity contribution is -0.121. The van der Waals surface area contributed by atoms with Gasteiger partial charge in [-0.15, -0.1) is 0 Å². The fraction of sp³-hybridized carbons (Fsp3) is 0.562. The van der Waals surface area contributed by atoms with Gasteiger partial charge in [0.15, 0.2) is 0 Å². The van der Waals surface area contributed by atoms with Crippen molar-refractivity contribution >= 4 is 5.91 Å². The summed E-state index contributed by atoms with van der Waals surface area (Å²) in [7, 11) is 0. The molecule has 0 heterocycles. The van der Waals surface area contributed by atoms with Gasteiger partial charge >= 0.3 is 0 Å². The molecule has 1 amide bonds. The first-order chi connectivity index (χ1) is 9.69. The normalized spacial score (nSPS) is 17.6. The number of benzene rings is 1. The monoisotopic (exact) mass is 276 g/mol. The fourth-order valence-electron chi connectivity index (χ4n) is 3.02. The number of aromatic hydroxyl groups is 1. The predicted octanol–water partition coefficient (Wildman–Crippen LogP) is 1.96. The number of carbonyl (C=O) groups is 1. The summed E-state index contributed by atoms with van der Waals surface area (Å²) in [4.78, 5) is 12.1. The molecule has 4 heteroatoms. The SMILES string of the molecule is NCC(NC(=O)Cc1cccc(O)c1)C1CCCCC1. The van der Waals surface area contributed by atoms with E-state index in [9.17, 15) is 9.90 Å². The van der Waals surface area contributed by atoms with E-state index in [2.05, 4.69) is 5.32 Å². The minimum absolute atomic E-state index is 0.0170. The summed E-state index contributed by atoms with van der Waals surface area (Å²) < 4.78 is 0. The molecule has 0 aromatic heterocycles. The summed E-state index contributed by atoms with van der Waals surface area (Å²) >= 11 is 0. The molecule has 0 aliphatic heterocycles. The Kier molecular flexibility index (Phi) is 5.41. The van der Waals surface area contributed by atoms with Crippen molar-refractivity contribution in [3.8, 4) is 5.75 Å². The van der Waals surface area contributed by atoms with Crippen LogP contribution in [0.1, 0.15) is 37.7 Å². The highest BCUT2D eigenvalue weighted by Crippen LogP contribution is 2.26. The third-order valence-electron chi connectivity index (χ3n) is 4.09. The number of nitrogens with one attached hydrogen (secondary N) is 1. The second-order valence-electron chi connectivity index (χ2n) is 5.65. The molecule has 4 N–H and O–H groups in total. The summed E-state index contributed by atoms with van der Waals surface area (Å²) in [6, 6.07) is 6.90. The van der Waals surface area contributed by atoms with E-state index in [-0.39, 0.29) is 24.1 Å². The van der Waals surface area contributed by atoms with Crippen LogP contribution in [0.4, 0.5) is 0 Å². The van der Waals surface area contributed by atoms with Crippen LogP contribution >= 0.6 is 0 Å². The molecule has 1 aliphatic carbocycles. The minimum atomic E-state index is -0.0170. The molecule has 0 spiro atoms. The van der Waals surface area contributed by atoms with Gasteiger partial charge in [-0.3, -0.25) is 4.79 Å². The fourth-order valence-corrected chi connectivity index (χ4v) is 3.02. The molecule has 0 saturated heterocycles. The van der Waals surface area contributed by atoms with E-state index in [1.165, 1.54) is 19.3 Å². The Morgan fingerprint density at radius 3 is 2.75 bits per heavy atom. The Morgan fingerprint density at radius 2 is 2.10 bits per heavy atom. The van der Waals surface area contributed by atoms with E-state index < -0.39 is 0 Å². The van der Waals surface area contributed by atoms with Crippen LogP contribution in [0.15, 0.2) is 24.3 Å². The zero-order valence-corrected chi connectivity index (χ0v) is 11.8. The first kappa shape index (κ1) is 14.9. The topological polar surface area (TPSA) is 75.3 Å². The molecule has 1 aromatic carbocycles. The van der Waals surface area contributed by atoms with Crippen molar-refractivity contribution in [2.75, 3.05) is 6.54 Å². The van der Waals surface area contributed by atoms with Gasteiger partial charge in [-0.05, 0) is 36.5 Å². The zero-order valence-electron chi connectivity index (χ0n) is 11.8. The molecule has 1 fully saturated rings. The van der Waals surface area contributed by atoms with Crippen LogP contribution in [-0.2, 0) is 11.2 Å². The van der Waals surface area contributed by atoms with Crippen LogP contribution in [0.5, 0.6) is 5.75 Å². The molecule has 1 aliphatic rings. The van der Waals surface area contributed by atoms with Gasteiger partial charge in [-0.2, -0.15) is 0 Å². The maximum absolute atomic E-state index is 12.1. The Bertz CT molecular complexity index is 442. The molecule has 1 saturated carbocycles. The van der Waals surface area contributed by atoms with Crippen molar-refractivity contribution in [1.29, 1.82) is 0 Å². The smallest absolute Gasteiger partial charge is 0.224 e. The van der Waals surface area contributed by atoms with E-state index in [1.54, 1.807) is 18.2 Å². The average Bonchev–Trinajstić information content (AvgIpc) is 2.45. The molecule has 0 bridgehead atoms. The van der Waals surface area contributed by atoms with Gasteiger partial charge in [0.25, 0.3) is 0 Å². The zero-order chi connectivity index (χ0) is 14.4. The number of carbonyl (C=O) groups excluding carboxylic acids is 1. The number of phenolic OH excluding ortho intramolecular Hbond substituents is 1. The number of rotatable bonds is 5. The quantitative estimate of drug-likeness (QED) is 0.769. The maximum atomic E-state index is 12.1. The van der Waals surface area contributed by atoms with Crippen LogP contribution in [0.3, 0.4) is 0 Å². The summed E-state index contributed by atoms with van der Waals surface area (Å²) in [6.45, 7) is 0.496. The standard InChI is InChI=1S/C16H24N2O2/c17-11-15(13-6-2-1-3-7-13)18-16(20)10-12-5-4-8-14(19)9-12/h4-5,8-9,13,15,19H,1-3,6-7,10-11,17H2,(H,18,20). The second kappa shape index (κ2) is 7.29. The Labute approximate surface area is 120 Å². The largest absolute Gasteiger partial charge is 0.508 e. The molecule has 2 rings (SSSR count). The van der Waals surface area contributed by atoms with Gasteiger partial charge in [-0.1, -0.05) is 31.4 Å². The summed E-state index contributed by atoms with van der Waals surface area (Å²) in [5.74, 6) is 0.691. The molecule has 4 nitrogen and oxygen atoms in total. The molecule has 0 radical (unpaired) electrons. The molecule has 20 heavy (non-hydrogen) atoms. The first-order valence-corrected chi connectivity index (χ1v) is 7.46. The van der Waals surface area contributed by atoms with E-state index in [0.29, 0.717) is 12.5 Å². The van der Waals surface area contributed by atoms with Gasteiger partial charge < -0.3 is 16.2 Å². The lowest BCUT2D eigenvalue weighted by atomic mass is 9.84. The average molecular weight is 276 g/mol. The highest BCUT2D eigenvalue weighted by molar-refractivity contribution is 5.79. The van der Waals surface area contributed by atoms with Gasteiger partial charge in [0.05, 0.1) is 6.42 Å². The number of hydrogen-bond acceptors (Lipinski definition) is 3. The molecule has 1 aromatic rings. The van der Waals surface area contributed by atoms with Crippen LogP contribution in [0, 0.1) is 5.92 Å². The lowest BCUT2D eigenvalue weighted by Gasteiger charge is -2.30. The molecule has 1 unspecified atom stereocenters. The highest BCUT2D eigenvalue weighted by atomic mass is 16.3. The van der Waals surface area contributed by atoms with Crippen molar-refractivity contribution in [1.82, 2.24) is 5.32 Å². The van der Waals surface area contributed by atoms with Gasteiger partial charge in [0, 0.05) is 12.6 Å². The van der Waals surface area contributed by atoms with E-state index in [1.807, 2.05) is 6.07 Å². The van der Waals surface area contributed by atoms with Gasteiger partial charge in [-0.25, -0.2) is 0 Å². The highest BCUT2D eigenvalue weighted by Gasteiger charge is 2.23. The number of hydrogen-bond donors (Lipinski definition) is 3. The molecule has 110 valence electrons. The Hall–Kier alpha value is -1.55. The molecular formula is C16H24N2O2. The van der Waals surface area contributed by atoms with Crippen molar-refractivity contribution in [3.63, 3.8) is 0 Å². The van der Waals surface area contributed by atoms with Crippen molar-refractivity contribution in [3.05, 3.63) is 29.8 Å². The Morgan fingerprint density at radius 1 is 1.35 bits per heavy atom. The van der Waals surface area contributed by atoms with E-state index in [0.717, 1.165) is 18.4 Å². The molecular weight excluding hydrogens is 252 g/mol. The van der Waals surface area contributed by atoms with Crippen molar-refractivity contribution in [2.45, 2.75) is 44.6 Å². The van der Waals surface area contributed by atoms with E-state index in [4.69, 9.17) is 5.73 Å². The van der Waals surface area contributed by atoms with Crippen LogP contribution in [0.25, 0.3) is 0 Å². The Balaban J connectivity index is 1.88. The van der Waals surface area contributed by atoms with Crippen molar-refractivity contribution < 1.29 is 9.90 Å². The number of nitrogens with two attached hydrogens (primary N) is 1. The van der Waals surface area contributed by atoms with Crippen LogP contribution in [0.2, 0.25) is 0 Å². The number of amides is 1. The second-order valence-corrected chi connectivity index (χ2v) is 5.65. The van der Waals surface area contributed by atoms with Gasteiger partial charge in [0.2, 0.25) is 5.91 Å². The summed E-state index contributed by atoms with van der Waals surface area (Å²) in [5, 5.41) is 12.5. The number of phenols is 1. The summed E-state index contributed by atoms with van der Waals surface area (Å²) in [5.41, 5.74) is 6.64. The van der Waals surface area contributed by atoms with Gasteiger partial charge in [0.1, 0.15) is 5.75 Å². The van der Waals surface area contributed by atoms with Crippen LogP contribution < -0.4 is 11.1 Å². The predicted molar refractivity (Wildman–Crippen MR) is 79.4 cm³/mol. The van der Waals surface area contributed by atoms with E-state index >= 15 is 0 Å². The molecule has 1 atom stereocenters.